The Hall–Kier alpha value is -7.80. The Kier molecular flexibility index (Phi) is 25.7. The molecule has 2 aliphatic rings. The van der Waals surface area contributed by atoms with E-state index in [1.54, 1.807) is 0 Å². The minimum atomic E-state index is -4.54. The molecule has 2 aliphatic heterocycles. The molecule has 0 spiro atoms. The number of nitrogens with one attached hydrogen (secondary N) is 6. The third-order valence-corrected chi connectivity index (χ3v) is 13.4. The highest BCUT2D eigenvalue weighted by molar-refractivity contribution is 7.47. The summed E-state index contributed by atoms with van der Waals surface area (Å²) in [6.07, 6.45) is -5.45. The normalized spacial score (nSPS) is 18.3. The molecule has 0 aromatic heterocycles. The van der Waals surface area contributed by atoms with Gasteiger partial charge >= 0.3 is 25.7 Å². The number of hydrogen-bond donors (Lipinski definition) is 14. The van der Waals surface area contributed by atoms with Gasteiger partial charge in [-0.3, -0.25) is 67.0 Å². The van der Waals surface area contributed by atoms with Crippen molar-refractivity contribution in [2.45, 2.75) is 145 Å². The summed E-state index contributed by atoms with van der Waals surface area (Å²) in [4.78, 5) is 180. The third kappa shape index (κ3) is 21.5. The van der Waals surface area contributed by atoms with Crippen molar-refractivity contribution in [1.82, 2.24) is 41.7 Å². The van der Waals surface area contributed by atoms with Gasteiger partial charge in [-0.2, -0.15) is 0 Å². The van der Waals surface area contributed by atoms with Crippen molar-refractivity contribution in [1.29, 1.82) is 0 Å². The monoisotopic (exact) mass is 1140 g/mol. The molecule has 33 heteroatoms. The van der Waals surface area contributed by atoms with Gasteiger partial charge in [0.1, 0.15) is 54.1 Å². The van der Waals surface area contributed by atoms with E-state index >= 15 is 0 Å². The Labute approximate surface area is 451 Å². The molecule has 1 unspecified atom stereocenters. The molecule has 32 nitrogen and oxygen atoms in total. The fourth-order valence-electron chi connectivity index (χ4n) is 8.29. The Bertz CT molecular complexity index is 2480. The van der Waals surface area contributed by atoms with Gasteiger partial charge in [0.05, 0.1) is 12.6 Å². The lowest BCUT2D eigenvalue weighted by Gasteiger charge is -2.31. The van der Waals surface area contributed by atoms with Crippen LogP contribution in [0.25, 0.3) is 0 Å². The number of likely N-dealkylation sites (tertiary alicyclic amines) is 2. The molecule has 3 rings (SSSR count). The van der Waals surface area contributed by atoms with Crippen molar-refractivity contribution >= 4 is 84.8 Å². The summed E-state index contributed by atoms with van der Waals surface area (Å²) in [5.41, 5.74) is 16.8. The van der Waals surface area contributed by atoms with E-state index in [9.17, 15) is 87.1 Å². The Morgan fingerprint density at radius 2 is 1.10 bits per heavy atom. The number of aliphatic hydroxyl groups excluding tert-OH is 1. The summed E-state index contributed by atoms with van der Waals surface area (Å²) < 4.78 is 21.5. The summed E-state index contributed by atoms with van der Waals surface area (Å²) in [5, 5.41) is 51.7. The van der Waals surface area contributed by atoms with Gasteiger partial charge in [0.25, 0.3) is 0 Å². The summed E-state index contributed by atoms with van der Waals surface area (Å²) in [6, 6.07) is -7.27. The largest absolute Gasteiger partial charge is 0.527 e. The number of phosphoric ester groups is 1. The molecule has 79 heavy (non-hydrogen) atoms. The van der Waals surface area contributed by atoms with Crippen LogP contribution in [-0.4, -0.2) is 193 Å². The van der Waals surface area contributed by atoms with Gasteiger partial charge in [-0.15, -0.1) is 0 Å². The van der Waals surface area contributed by atoms with E-state index in [2.05, 4.69) is 36.4 Å². The highest BCUT2D eigenvalue weighted by Crippen LogP contribution is 2.42. The highest BCUT2D eigenvalue weighted by Gasteiger charge is 2.42. The first-order valence-electron chi connectivity index (χ1n) is 24.8. The lowest BCUT2D eigenvalue weighted by molar-refractivity contribution is -0.144. The van der Waals surface area contributed by atoms with Gasteiger partial charge in [-0.25, -0.2) is 9.36 Å². The van der Waals surface area contributed by atoms with E-state index in [1.807, 2.05) is 0 Å². The smallest absolute Gasteiger partial charge is 0.481 e. The Morgan fingerprint density at radius 1 is 0.646 bits per heavy atom. The van der Waals surface area contributed by atoms with Crippen LogP contribution in [0.5, 0.6) is 5.75 Å². The quantitative estimate of drug-likeness (QED) is 0.0293. The first kappa shape index (κ1) is 65.5. The lowest BCUT2D eigenvalue weighted by Crippen LogP contribution is -2.60. The number of rotatable bonds is 33. The molecular formula is C46H68N11O21P. The number of carboxylic acid groups (broad SMARTS) is 3. The molecule has 0 aliphatic carbocycles. The van der Waals surface area contributed by atoms with Crippen LogP contribution in [0.15, 0.2) is 24.3 Å². The standard InChI is InChI=1S/C46H68N11O21P/c1-23(58)38(49)43(70)54-28(13-17-36(62)63)45(72)57-20-4-6-32(57)42(69)52-26(11-15-33(47)59)39(66)55-30(21-24-7-9-25(10-8-24)78-79(75,76)77-2)40(67)53-27(12-16-34(48)60)44(71)56-19-3-5-31(56)41(68)50-22-35(61)51-29(46(73)74)14-18-37(64)65/h7-10,23,26-32,38,58H,3-6,11-22,49H2,1-2H3,(H2,47,59)(H2,48,60)(H,50,68)(H,51,61)(H,52,69)(H,53,67)(H,54,70)(H,55,66)(H,62,63)(H,64,65)(H,73,74)(H,75,76)/t23-,26+,27+,28+,29+,30+,31+,32+,38+/m1/s1. The fourth-order valence-corrected chi connectivity index (χ4v) is 8.75. The molecule has 0 saturated carbocycles. The lowest BCUT2D eigenvalue weighted by atomic mass is 10.0. The number of benzene rings is 1. The number of hydrogen-bond acceptors (Lipinski definition) is 18. The molecule has 2 saturated heterocycles. The Morgan fingerprint density at radius 3 is 1.58 bits per heavy atom. The van der Waals surface area contributed by atoms with E-state index in [0.717, 1.165) is 16.9 Å². The zero-order valence-electron chi connectivity index (χ0n) is 43.2. The van der Waals surface area contributed by atoms with Crippen LogP contribution in [-0.2, 0) is 77.8 Å². The zero-order valence-corrected chi connectivity index (χ0v) is 44.1. The summed E-state index contributed by atoms with van der Waals surface area (Å²) in [7, 11) is -3.62. The van der Waals surface area contributed by atoms with E-state index in [4.69, 9.17) is 26.8 Å². The molecule has 0 bridgehead atoms. The van der Waals surface area contributed by atoms with E-state index in [1.165, 1.54) is 31.2 Å². The molecule has 0 radical (unpaired) electrons. The van der Waals surface area contributed by atoms with Crippen LogP contribution in [0, 0.1) is 0 Å². The van der Waals surface area contributed by atoms with Crippen molar-refractivity contribution < 1.29 is 101 Å². The molecule has 2 fully saturated rings. The van der Waals surface area contributed by atoms with Gasteiger partial charge in [-0.05, 0) is 76.0 Å². The zero-order chi connectivity index (χ0) is 59.3. The van der Waals surface area contributed by atoms with Gasteiger partial charge in [-0.1, -0.05) is 12.1 Å². The second-order valence-electron chi connectivity index (χ2n) is 18.5. The third-order valence-electron chi connectivity index (χ3n) is 12.5. The predicted octanol–water partition coefficient (Wildman–Crippen LogP) is -5.07. The van der Waals surface area contributed by atoms with Gasteiger partial charge < -0.3 is 83.9 Å². The first-order valence-corrected chi connectivity index (χ1v) is 26.3. The maximum Gasteiger partial charge on any atom is 0.527 e. The molecule has 438 valence electrons. The molecule has 1 aromatic carbocycles. The predicted molar refractivity (Wildman–Crippen MR) is 268 cm³/mol. The summed E-state index contributed by atoms with van der Waals surface area (Å²) in [5.74, 6) is -14.1. The van der Waals surface area contributed by atoms with Crippen molar-refractivity contribution in [2.75, 3.05) is 26.7 Å². The first-order chi connectivity index (χ1) is 37.0. The number of carboxylic acids is 3. The number of nitrogens with two attached hydrogens (primary N) is 3. The van der Waals surface area contributed by atoms with Crippen LogP contribution < -0.4 is 53.6 Å². The molecule has 1 aromatic rings. The summed E-state index contributed by atoms with van der Waals surface area (Å²) >= 11 is 0. The number of amides is 10. The molecule has 10 atom stereocenters. The average Bonchev–Trinajstić information content (AvgIpc) is 4.11. The summed E-state index contributed by atoms with van der Waals surface area (Å²) in [6.45, 7) is 0.264. The van der Waals surface area contributed by atoms with Crippen LogP contribution in [0.3, 0.4) is 0 Å². The molecular weight excluding hydrogens is 1070 g/mol. The number of primary amides is 2. The van der Waals surface area contributed by atoms with Crippen molar-refractivity contribution in [2.24, 2.45) is 17.2 Å². The number of aliphatic carboxylic acids is 3. The number of aliphatic hydroxyl groups is 1. The van der Waals surface area contributed by atoms with E-state index in [-0.39, 0.29) is 50.1 Å². The van der Waals surface area contributed by atoms with Crippen molar-refractivity contribution in [3.05, 3.63) is 29.8 Å². The van der Waals surface area contributed by atoms with Crippen LogP contribution in [0.4, 0.5) is 0 Å². The molecule has 2 heterocycles. The van der Waals surface area contributed by atoms with E-state index < -0.39 is 204 Å². The number of carbonyl (C=O) groups excluding carboxylic acids is 10. The van der Waals surface area contributed by atoms with Gasteiger partial charge in [0.15, 0.2) is 0 Å². The fraction of sp³-hybridized carbons (Fsp3) is 0.587. The maximum absolute atomic E-state index is 14.5. The van der Waals surface area contributed by atoms with Gasteiger partial charge in [0.2, 0.25) is 59.1 Å². The number of nitrogens with zero attached hydrogens (tertiary/aromatic N) is 2. The second kappa shape index (κ2) is 31.0. The van der Waals surface area contributed by atoms with Crippen LogP contribution >= 0.6 is 7.82 Å². The molecule has 17 N–H and O–H groups in total. The van der Waals surface area contributed by atoms with Crippen molar-refractivity contribution in [3.63, 3.8) is 0 Å². The highest BCUT2D eigenvalue weighted by atomic mass is 31.2. The topological polar surface area (TPSA) is 515 Å². The maximum atomic E-state index is 14.5. The second-order valence-corrected chi connectivity index (χ2v) is 20.0. The molecule has 10 amide bonds. The number of phosphoric acid groups is 1. The van der Waals surface area contributed by atoms with Crippen molar-refractivity contribution in [3.8, 4) is 5.75 Å². The van der Waals surface area contributed by atoms with Crippen LogP contribution in [0.1, 0.15) is 89.5 Å². The number of carbonyl (C=O) groups is 13. The van der Waals surface area contributed by atoms with Gasteiger partial charge in [0, 0.05) is 52.3 Å². The average molecular weight is 1140 g/mol. The SMILES string of the molecule is COP(=O)(O)Oc1ccc(C[C@H](NC(=O)[C@H](CCC(N)=O)NC(=O)[C@@H]2CCCN2C(=O)[C@H](CCC(=O)O)NC(=O)[C@@H](N)[C@@H](C)O)C(=O)N[C@@H](CCC(N)=O)C(=O)N2CCC[C@H]2C(=O)NCC(=O)N[C@@H](CCC(=O)O)C(=O)O)cc1. The Balaban J connectivity index is 1.96. The minimum absolute atomic E-state index is 0.00560. The van der Waals surface area contributed by atoms with Crippen LogP contribution in [0.2, 0.25) is 0 Å². The van der Waals surface area contributed by atoms with E-state index in [0.29, 0.717) is 0 Å². The minimum Gasteiger partial charge on any atom is -0.481 e.